The quantitative estimate of drug-likeness (QED) is 0.657. The number of nitrogens with zero attached hydrogens (tertiary/aromatic N) is 3. The van der Waals surface area contributed by atoms with E-state index < -0.39 is 0 Å². The van der Waals surface area contributed by atoms with Crippen LogP contribution in [0.1, 0.15) is 11.5 Å². The van der Waals surface area contributed by atoms with Gasteiger partial charge in [0.25, 0.3) is 0 Å². The molecule has 25 heavy (non-hydrogen) atoms. The zero-order chi connectivity index (χ0) is 17.6. The zero-order valence-electron chi connectivity index (χ0n) is 14.6. The zero-order valence-corrected chi connectivity index (χ0v) is 14.6. The van der Waals surface area contributed by atoms with E-state index in [1.165, 1.54) is 0 Å². The number of hydrogen-bond acceptors (Lipinski definition) is 6. The molecule has 2 aromatic carbocycles. The van der Waals surface area contributed by atoms with E-state index in [4.69, 9.17) is 14.0 Å². The lowest BCUT2D eigenvalue weighted by atomic mass is 10.2. The fourth-order valence-corrected chi connectivity index (χ4v) is 2.60. The van der Waals surface area contributed by atoms with E-state index in [9.17, 15) is 0 Å². The maximum absolute atomic E-state index is 5.36. The molecule has 0 fully saturated rings. The molecule has 6 heteroatoms. The molecule has 3 aromatic rings. The molecule has 0 aliphatic heterocycles. The molecule has 0 atom stereocenters. The first kappa shape index (κ1) is 17.0. The molecule has 0 radical (unpaired) electrons. The standard InChI is InChI=1S/C19H21N3O3/c1-22(12-14-9-10-16(23-2)17(11-14)24-3)13-18-20-19(21-25-18)15-7-5-4-6-8-15/h4-11H,12-13H2,1-3H3. The fraction of sp³-hybridized carbons (Fsp3) is 0.263. The summed E-state index contributed by atoms with van der Waals surface area (Å²) in [5, 5.41) is 4.05. The van der Waals surface area contributed by atoms with Gasteiger partial charge in [0.05, 0.1) is 20.8 Å². The summed E-state index contributed by atoms with van der Waals surface area (Å²) in [7, 11) is 5.27. The molecule has 1 heterocycles. The summed E-state index contributed by atoms with van der Waals surface area (Å²) in [4.78, 5) is 6.56. The Hall–Kier alpha value is -2.86. The molecule has 0 N–H and O–H groups in total. The van der Waals surface area contributed by atoms with Crippen LogP contribution in [-0.2, 0) is 13.1 Å². The predicted octanol–water partition coefficient (Wildman–Crippen LogP) is 3.39. The summed E-state index contributed by atoms with van der Waals surface area (Å²) >= 11 is 0. The van der Waals surface area contributed by atoms with Crippen LogP contribution in [0.2, 0.25) is 0 Å². The Morgan fingerprint density at radius 1 is 0.960 bits per heavy atom. The van der Waals surface area contributed by atoms with E-state index in [-0.39, 0.29) is 0 Å². The van der Waals surface area contributed by atoms with Crippen LogP contribution in [-0.4, -0.2) is 36.3 Å². The van der Waals surface area contributed by atoms with Gasteiger partial charge in [0, 0.05) is 12.1 Å². The molecule has 0 amide bonds. The van der Waals surface area contributed by atoms with Gasteiger partial charge in [-0.25, -0.2) is 0 Å². The summed E-state index contributed by atoms with van der Waals surface area (Å²) in [6.45, 7) is 1.29. The van der Waals surface area contributed by atoms with E-state index in [1.807, 2.05) is 55.6 Å². The first-order valence-corrected chi connectivity index (χ1v) is 7.97. The molecule has 1 aromatic heterocycles. The van der Waals surface area contributed by atoms with Crippen LogP contribution in [0.15, 0.2) is 53.1 Å². The molecule has 6 nitrogen and oxygen atoms in total. The first-order valence-electron chi connectivity index (χ1n) is 7.97. The van der Waals surface area contributed by atoms with Gasteiger partial charge in [-0.1, -0.05) is 41.6 Å². The van der Waals surface area contributed by atoms with Crippen LogP contribution in [0, 0.1) is 0 Å². The van der Waals surface area contributed by atoms with E-state index in [1.54, 1.807) is 14.2 Å². The van der Waals surface area contributed by atoms with Crippen LogP contribution in [0.5, 0.6) is 11.5 Å². The molecule has 0 aliphatic carbocycles. The van der Waals surface area contributed by atoms with Crippen molar-refractivity contribution in [3.63, 3.8) is 0 Å². The highest BCUT2D eigenvalue weighted by Gasteiger charge is 2.12. The van der Waals surface area contributed by atoms with E-state index in [0.29, 0.717) is 18.3 Å². The summed E-state index contributed by atoms with van der Waals surface area (Å²) < 4.78 is 16.0. The van der Waals surface area contributed by atoms with Crippen molar-refractivity contribution in [3.8, 4) is 22.9 Å². The third kappa shape index (κ3) is 4.16. The van der Waals surface area contributed by atoms with E-state index >= 15 is 0 Å². The molecule has 0 saturated heterocycles. The monoisotopic (exact) mass is 339 g/mol. The Labute approximate surface area is 147 Å². The number of rotatable bonds is 7. The van der Waals surface area contributed by atoms with Gasteiger partial charge in [-0.2, -0.15) is 4.98 Å². The van der Waals surface area contributed by atoms with Crippen molar-refractivity contribution in [1.82, 2.24) is 15.0 Å². The number of hydrogen-bond donors (Lipinski definition) is 0. The first-order chi connectivity index (χ1) is 12.2. The second kappa shape index (κ2) is 7.81. The highest BCUT2D eigenvalue weighted by atomic mass is 16.5. The van der Waals surface area contributed by atoms with E-state index in [2.05, 4.69) is 15.0 Å². The topological polar surface area (TPSA) is 60.6 Å². The molecule has 0 bridgehead atoms. The van der Waals surface area contributed by atoms with Crippen molar-refractivity contribution in [2.24, 2.45) is 0 Å². The van der Waals surface area contributed by atoms with Gasteiger partial charge in [0.2, 0.25) is 11.7 Å². The molecule has 0 saturated carbocycles. The van der Waals surface area contributed by atoms with Crippen molar-refractivity contribution < 1.29 is 14.0 Å². The van der Waals surface area contributed by atoms with Crippen molar-refractivity contribution in [3.05, 3.63) is 60.0 Å². The molecule has 0 unspecified atom stereocenters. The minimum atomic E-state index is 0.564. The van der Waals surface area contributed by atoms with Gasteiger partial charge in [0.15, 0.2) is 11.5 Å². The molecular formula is C19H21N3O3. The van der Waals surface area contributed by atoms with E-state index in [0.717, 1.165) is 29.2 Å². The van der Waals surface area contributed by atoms with Crippen molar-refractivity contribution in [1.29, 1.82) is 0 Å². The van der Waals surface area contributed by atoms with Crippen LogP contribution >= 0.6 is 0 Å². The summed E-state index contributed by atoms with van der Waals surface area (Å²) in [5.41, 5.74) is 2.06. The molecule has 3 rings (SSSR count). The van der Waals surface area contributed by atoms with Gasteiger partial charge in [0.1, 0.15) is 0 Å². The van der Waals surface area contributed by atoms with Gasteiger partial charge in [-0.15, -0.1) is 0 Å². The van der Waals surface area contributed by atoms with Crippen LogP contribution in [0.3, 0.4) is 0 Å². The fourth-order valence-electron chi connectivity index (χ4n) is 2.60. The summed E-state index contributed by atoms with van der Waals surface area (Å²) in [6, 6.07) is 15.7. The Bertz CT molecular complexity index is 818. The van der Waals surface area contributed by atoms with Gasteiger partial charge in [-0.3, -0.25) is 4.90 Å². The summed E-state index contributed by atoms with van der Waals surface area (Å²) in [6.07, 6.45) is 0. The second-order valence-electron chi connectivity index (χ2n) is 5.74. The second-order valence-corrected chi connectivity index (χ2v) is 5.74. The molecule has 0 aliphatic rings. The summed E-state index contributed by atoms with van der Waals surface area (Å²) in [5.74, 6) is 2.63. The normalized spacial score (nSPS) is 10.9. The van der Waals surface area contributed by atoms with Crippen LogP contribution < -0.4 is 9.47 Å². The van der Waals surface area contributed by atoms with Crippen molar-refractivity contribution >= 4 is 0 Å². The predicted molar refractivity (Wildman–Crippen MR) is 94.5 cm³/mol. The van der Waals surface area contributed by atoms with Gasteiger partial charge >= 0.3 is 0 Å². The Kier molecular flexibility index (Phi) is 5.30. The highest BCUT2D eigenvalue weighted by molar-refractivity contribution is 5.53. The lowest BCUT2D eigenvalue weighted by Crippen LogP contribution is -2.17. The highest BCUT2D eigenvalue weighted by Crippen LogP contribution is 2.28. The Balaban J connectivity index is 1.65. The molecule has 130 valence electrons. The van der Waals surface area contributed by atoms with Crippen molar-refractivity contribution in [2.45, 2.75) is 13.1 Å². The third-order valence-electron chi connectivity index (χ3n) is 3.81. The average molecular weight is 339 g/mol. The van der Waals surface area contributed by atoms with Crippen LogP contribution in [0.4, 0.5) is 0 Å². The smallest absolute Gasteiger partial charge is 0.241 e. The minimum absolute atomic E-state index is 0.564. The van der Waals surface area contributed by atoms with Gasteiger partial charge < -0.3 is 14.0 Å². The Morgan fingerprint density at radius 3 is 2.44 bits per heavy atom. The largest absolute Gasteiger partial charge is 0.493 e. The Morgan fingerprint density at radius 2 is 1.72 bits per heavy atom. The average Bonchev–Trinajstić information content (AvgIpc) is 3.10. The number of ether oxygens (including phenoxy) is 2. The minimum Gasteiger partial charge on any atom is -0.493 e. The lowest BCUT2D eigenvalue weighted by Gasteiger charge is -2.15. The maximum Gasteiger partial charge on any atom is 0.241 e. The molecular weight excluding hydrogens is 318 g/mol. The molecule has 0 spiro atoms. The SMILES string of the molecule is COc1ccc(CN(C)Cc2nc(-c3ccccc3)no2)cc1OC. The van der Waals surface area contributed by atoms with Crippen LogP contribution in [0.25, 0.3) is 11.4 Å². The number of aromatic nitrogens is 2. The number of methoxy groups -OCH3 is 2. The van der Waals surface area contributed by atoms with Crippen molar-refractivity contribution in [2.75, 3.05) is 21.3 Å². The van der Waals surface area contributed by atoms with Gasteiger partial charge in [-0.05, 0) is 24.7 Å². The number of benzene rings is 2. The maximum atomic E-state index is 5.36. The lowest BCUT2D eigenvalue weighted by molar-refractivity contribution is 0.260. The third-order valence-corrected chi connectivity index (χ3v) is 3.81.